The molecule has 0 saturated carbocycles. The molecule has 0 aliphatic carbocycles. The Morgan fingerprint density at radius 2 is 1.40 bits per heavy atom. The minimum Gasteiger partial charge on any atom is -0.460 e. The van der Waals surface area contributed by atoms with Gasteiger partial charge in [-0.15, -0.1) is 0 Å². The Bertz CT molecular complexity index is 1730. The van der Waals surface area contributed by atoms with Gasteiger partial charge in [-0.1, -0.05) is 124 Å². The normalized spacial score (nSPS) is 15.3. The molecule has 0 unspecified atom stereocenters. The number of ether oxygens (including phenoxy) is 2. The Balaban J connectivity index is 1.44. The van der Waals surface area contributed by atoms with Gasteiger partial charge in [0.25, 0.3) is 5.91 Å². The first-order valence-corrected chi connectivity index (χ1v) is 21.5. The Hall–Kier alpha value is -5.27. The van der Waals surface area contributed by atoms with Gasteiger partial charge in [-0.2, -0.15) is 0 Å². The number of hydrogen-bond acceptors (Lipinski definition) is 9. The molecule has 3 aromatic carbocycles. The maximum absolute atomic E-state index is 14.2. The van der Waals surface area contributed by atoms with E-state index in [-0.39, 0.29) is 38.7 Å². The number of carbonyl (C=O) groups excluding carboxylic acids is 5. The third-order valence-electron chi connectivity index (χ3n) is 10.7. The maximum atomic E-state index is 14.2. The highest BCUT2D eigenvalue weighted by Crippen LogP contribution is 2.30. The van der Waals surface area contributed by atoms with E-state index in [1.165, 1.54) is 10.1 Å². The van der Waals surface area contributed by atoms with Gasteiger partial charge in [0.2, 0.25) is 12.3 Å². The van der Waals surface area contributed by atoms with Crippen LogP contribution in [0.25, 0.3) is 0 Å². The van der Waals surface area contributed by atoms with Crippen LogP contribution in [0.2, 0.25) is 0 Å². The van der Waals surface area contributed by atoms with Crippen molar-refractivity contribution in [3.8, 4) is 0 Å². The molecular formula is C47H64N4O9. The first kappa shape index (κ1) is 47.4. The number of esters is 1. The average Bonchev–Trinajstić information content (AvgIpc) is 3.44. The van der Waals surface area contributed by atoms with Crippen LogP contribution in [0.5, 0.6) is 0 Å². The van der Waals surface area contributed by atoms with Gasteiger partial charge in [-0.25, -0.2) is 19.7 Å². The third-order valence-corrected chi connectivity index (χ3v) is 10.7. The molecule has 0 radical (unpaired) electrons. The summed E-state index contributed by atoms with van der Waals surface area (Å²) in [7, 11) is 0. The number of rotatable bonds is 26. The van der Waals surface area contributed by atoms with Crippen molar-refractivity contribution in [2.45, 2.75) is 136 Å². The number of hydrogen-bond donors (Lipinski definition) is 2. The van der Waals surface area contributed by atoms with Crippen LogP contribution in [0.4, 0.5) is 4.79 Å². The summed E-state index contributed by atoms with van der Waals surface area (Å²) in [5.41, 5.74) is 1.37. The van der Waals surface area contributed by atoms with E-state index in [0.29, 0.717) is 45.1 Å². The van der Waals surface area contributed by atoms with Gasteiger partial charge in [0.15, 0.2) is 0 Å². The van der Waals surface area contributed by atoms with Crippen molar-refractivity contribution in [2.75, 3.05) is 13.1 Å². The predicted molar refractivity (Wildman–Crippen MR) is 227 cm³/mol. The quantitative estimate of drug-likeness (QED) is 0.0355. The fourth-order valence-corrected chi connectivity index (χ4v) is 6.86. The van der Waals surface area contributed by atoms with Crippen molar-refractivity contribution in [1.82, 2.24) is 20.8 Å². The fourth-order valence-electron chi connectivity index (χ4n) is 6.86. The van der Waals surface area contributed by atoms with Crippen molar-refractivity contribution in [2.24, 2.45) is 5.41 Å². The molecule has 4 rings (SSSR count). The second-order valence-electron chi connectivity index (χ2n) is 15.8. The summed E-state index contributed by atoms with van der Waals surface area (Å²) < 4.78 is 11.7. The van der Waals surface area contributed by atoms with Crippen LogP contribution in [0.1, 0.15) is 115 Å². The van der Waals surface area contributed by atoms with Gasteiger partial charge < -0.3 is 20.1 Å². The molecule has 1 fully saturated rings. The van der Waals surface area contributed by atoms with Crippen molar-refractivity contribution in [3.05, 3.63) is 108 Å². The van der Waals surface area contributed by atoms with Gasteiger partial charge >= 0.3 is 12.1 Å². The van der Waals surface area contributed by atoms with Gasteiger partial charge in [0.05, 0.1) is 5.41 Å². The number of unbranched alkanes of at least 4 members (excludes halogenated alkanes) is 5. The Morgan fingerprint density at radius 3 is 2.03 bits per heavy atom. The van der Waals surface area contributed by atoms with Gasteiger partial charge in [-0.3, -0.25) is 24.1 Å². The van der Waals surface area contributed by atoms with Crippen molar-refractivity contribution in [1.29, 1.82) is 0 Å². The van der Waals surface area contributed by atoms with E-state index in [4.69, 9.17) is 19.1 Å². The van der Waals surface area contributed by atoms with Crippen LogP contribution in [-0.2, 0) is 58.1 Å². The summed E-state index contributed by atoms with van der Waals surface area (Å²) in [6, 6.07) is 26.3. The van der Waals surface area contributed by atoms with Gasteiger partial charge in [-0.05, 0) is 81.9 Å². The van der Waals surface area contributed by atoms with Gasteiger partial charge in [0.1, 0.15) is 38.0 Å². The zero-order valence-corrected chi connectivity index (χ0v) is 35.6. The molecule has 326 valence electrons. The van der Waals surface area contributed by atoms with Crippen LogP contribution in [0, 0.1) is 5.41 Å². The fraction of sp³-hybridized carbons (Fsp3) is 0.511. The largest absolute Gasteiger partial charge is 0.460 e. The molecule has 1 heterocycles. The lowest BCUT2D eigenvalue weighted by Crippen LogP contribution is -2.54. The first-order chi connectivity index (χ1) is 29.1. The predicted octanol–water partition coefficient (Wildman–Crippen LogP) is 7.97. The van der Waals surface area contributed by atoms with Crippen molar-refractivity contribution >= 4 is 30.3 Å². The lowest BCUT2D eigenvalue weighted by molar-refractivity contribution is -0.192. The van der Waals surface area contributed by atoms with Crippen LogP contribution in [-0.4, -0.2) is 71.7 Å². The zero-order valence-electron chi connectivity index (χ0n) is 35.6. The highest BCUT2D eigenvalue weighted by atomic mass is 16.7. The highest BCUT2D eigenvalue weighted by Gasteiger charge is 2.42. The monoisotopic (exact) mass is 828 g/mol. The number of carbonyl (C=O) groups is 5. The molecule has 2 N–H and O–H groups in total. The molecule has 3 aromatic rings. The third kappa shape index (κ3) is 16.4. The standard InChI is InChI=1S/C47H64N4O9/c1-4-5-6-7-17-30-42(47(2,3)45(55)48-40-28-19-21-32-51(43(40)53)59-35-39-26-15-10-16-27-39)60-44(54)41(49-46(56)57-33-37-22-11-8-12-23-37)29-18-20-31-50(36-52)58-34-38-24-13-9-14-25-38/h8-16,22-27,36,40-42H,4-7,17-21,28-35H2,1-3H3,(H,48,55)(H,49,56)/t40-,41+,42-/m0/s1. The molecule has 3 atom stereocenters. The summed E-state index contributed by atoms with van der Waals surface area (Å²) in [6.45, 7) is 6.70. The van der Waals surface area contributed by atoms with E-state index in [0.717, 1.165) is 55.2 Å². The number of nitrogens with zero attached hydrogens (tertiary/aromatic N) is 2. The summed E-state index contributed by atoms with van der Waals surface area (Å²) in [5.74, 6) is -1.45. The first-order valence-electron chi connectivity index (χ1n) is 21.5. The summed E-state index contributed by atoms with van der Waals surface area (Å²) >= 11 is 0. The van der Waals surface area contributed by atoms with Crippen LogP contribution < -0.4 is 10.6 Å². The average molecular weight is 829 g/mol. The number of alkyl carbamates (subject to hydrolysis) is 1. The molecule has 60 heavy (non-hydrogen) atoms. The topological polar surface area (TPSA) is 153 Å². The van der Waals surface area contributed by atoms with E-state index in [9.17, 15) is 24.0 Å². The molecule has 1 saturated heterocycles. The lowest BCUT2D eigenvalue weighted by atomic mass is 9.82. The summed E-state index contributed by atoms with van der Waals surface area (Å²) in [5, 5.41) is 8.24. The molecule has 13 heteroatoms. The molecule has 1 aliphatic rings. The smallest absolute Gasteiger partial charge is 0.408 e. The van der Waals surface area contributed by atoms with Gasteiger partial charge in [0, 0.05) is 13.1 Å². The van der Waals surface area contributed by atoms with E-state index in [1.807, 2.05) is 91.0 Å². The molecular weight excluding hydrogens is 765 g/mol. The summed E-state index contributed by atoms with van der Waals surface area (Å²) in [4.78, 5) is 78.5. The summed E-state index contributed by atoms with van der Waals surface area (Å²) in [6.07, 6.45) is 7.04. The Labute approximate surface area is 355 Å². The SMILES string of the molecule is CCCCCCC[C@H](OC(=O)[C@@H](CCCCN(C=O)OCc1ccccc1)NC(=O)OCc1ccccc1)C(C)(C)C(=O)N[C@H]1CCCCN(OCc2ccccc2)C1=O. The second kappa shape index (κ2) is 26.0. The van der Waals surface area contributed by atoms with Crippen LogP contribution >= 0.6 is 0 Å². The Kier molecular flexibility index (Phi) is 20.6. The molecule has 0 aromatic heterocycles. The van der Waals surface area contributed by atoms with E-state index in [1.54, 1.807) is 13.8 Å². The van der Waals surface area contributed by atoms with Crippen molar-refractivity contribution in [3.63, 3.8) is 0 Å². The van der Waals surface area contributed by atoms with E-state index >= 15 is 0 Å². The zero-order chi connectivity index (χ0) is 43.0. The van der Waals surface area contributed by atoms with Crippen molar-refractivity contribution < 1.29 is 43.1 Å². The number of amides is 4. The molecule has 4 amide bonds. The Morgan fingerprint density at radius 1 is 0.800 bits per heavy atom. The number of benzene rings is 3. The second-order valence-corrected chi connectivity index (χ2v) is 15.8. The number of hydroxylamine groups is 4. The van der Waals surface area contributed by atoms with E-state index in [2.05, 4.69) is 17.6 Å². The maximum Gasteiger partial charge on any atom is 0.408 e. The highest BCUT2D eigenvalue weighted by molar-refractivity contribution is 5.90. The van der Waals surface area contributed by atoms with Crippen LogP contribution in [0.15, 0.2) is 91.0 Å². The van der Waals surface area contributed by atoms with Crippen LogP contribution in [0.3, 0.4) is 0 Å². The molecule has 0 spiro atoms. The lowest BCUT2D eigenvalue weighted by Gasteiger charge is -2.35. The van der Waals surface area contributed by atoms with E-state index < -0.39 is 41.6 Å². The number of nitrogens with one attached hydrogen (secondary N) is 2. The minimum atomic E-state index is -1.25. The molecule has 0 bridgehead atoms. The minimum absolute atomic E-state index is 0.00366. The molecule has 1 aliphatic heterocycles. The molecule has 13 nitrogen and oxygen atoms in total.